The second-order valence-corrected chi connectivity index (χ2v) is 5.48. The van der Waals surface area contributed by atoms with Gasteiger partial charge in [-0.2, -0.15) is 0 Å². The Kier molecular flexibility index (Phi) is 3.54. The highest BCUT2D eigenvalue weighted by Crippen LogP contribution is 2.33. The van der Waals surface area contributed by atoms with Crippen LogP contribution in [-0.2, 0) is 0 Å². The van der Waals surface area contributed by atoms with Gasteiger partial charge in [0.15, 0.2) is 0 Å². The Morgan fingerprint density at radius 1 is 1.19 bits per heavy atom. The Hall–Kier alpha value is -3.88. The molecule has 0 atom stereocenters. The maximum atomic E-state index is 13.8. The van der Waals surface area contributed by atoms with Gasteiger partial charge in [0.2, 0.25) is 0 Å². The number of aromatic nitrogens is 4. The van der Waals surface area contributed by atoms with Crippen LogP contribution in [0.2, 0.25) is 0 Å². The number of non-ortho nitro benzene ring substituents is 1. The van der Waals surface area contributed by atoms with Gasteiger partial charge in [0, 0.05) is 30.1 Å². The maximum absolute atomic E-state index is 13.8. The number of fused-ring (bicyclic) bond motifs is 1. The van der Waals surface area contributed by atoms with Crippen LogP contribution >= 0.6 is 0 Å². The number of nitro benzene ring substituents is 1. The summed E-state index contributed by atoms with van der Waals surface area (Å²) in [6.45, 7) is 0. The average molecular weight is 351 g/mol. The number of nitrogens with zero attached hydrogens (tertiary/aromatic N) is 4. The standard InChI is InChI=1S/C17H10FN5O3/c18-11-4-5-14-21-15(10-2-1-3-12(8-10)23(25)26)16(22(14)9-11)13-6-7-19-17(24)20-13/h1-9H,(H,19,20,24). The number of hydrogen-bond donors (Lipinski definition) is 1. The fraction of sp³-hybridized carbons (Fsp3) is 0. The molecule has 26 heavy (non-hydrogen) atoms. The summed E-state index contributed by atoms with van der Waals surface area (Å²) >= 11 is 0. The molecule has 3 heterocycles. The summed E-state index contributed by atoms with van der Waals surface area (Å²) in [5.41, 5.74) is 1.38. The van der Waals surface area contributed by atoms with Crippen molar-refractivity contribution in [1.29, 1.82) is 0 Å². The number of nitro groups is 1. The molecular weight excluding hydrogens is 341 g/mol. The molecule has 4 aromatic rings. The summed E-state index contributed by atoms with van der Waals surface area (Å²) in [7, 11) is 0. The van der Waals surface area contributed by atoms with Crippen molar-refractivity contribution >= 4 is 11.3 Å². The van der Waals surface area contributed by atoms with Gasteiger partial charge < -0.3 is 4.98 Å². The number of aromatic amines is 1. The maximum Gasteiger partial charge on any atom is 0.345 e. The summed E-state index contributed by atoms with van der Waals surface area (Å²) in [5.74, 6) is -0.488. The molecule has 0 amide bonds. The van der Waals surface area contributed by atoms with Crippen LogP contribution < -0.4 is 5.69 Å². The molecule has 8 nitrogen and oxygen atoms in total. The van der Waals surface area contributed by atoms with Crippen molar-refractivity contribution in [3.8, 4) is 22.6 Å². The highest BCUT2D eigenvalue weighted by atomic mass is 19.1. The number of rotatable bonds is 3. The summed E-state index contributed by atoms with van der Waals surface area (Å²) in [6, 6.07) is 10.2. The third-order valence-electron chi connectivity index (χ3n) is 3.84. The van der Waals surface area contributed by atoms with Gasteiger partial charge >= 0.3 is 5.69 Å². The van der Waals surface area contributed by atoms with E-state index in [-0.39, 0.29) is 5.69 Å². The Morgan fingerprint density at radius 3 is 2.81 bits per heavy atom. The Labute approximate surface area is 144 Å². The minimum Gasteiger partial charge on any atom is -0.304 e. The van der Waals surface area contributed by atoms with Crippen LogP contribution in [0.1, 0.15) is 0 Å². The summed E-state index contributed by atoms with van der Waals surface area (Å²) < 4.78 is 15.3. The van der Waals surface area contributed by atoms with Crippen LogP contribution in [0.3, 0.4) is 0 Å². The van der Waals surface area contributed by atoms with Crippen molar-refractivity contribution in [3.05, 3.63) is 81.3 Å². The van der Waals surface area contributed by atoms with Gasteiger partial charge in [0.25, 0.3) is 5.69 Å². The zero-order valence-electron chi connectivity index (χ0n) is 13.1. The van der Waals surface area contributed by atoms with Crippen LogP contribution in [0.4, 0.5) is 10.1 Å². The first-order chi connectivity index (χ1) is 12.5. The van der Waals surface area contributed by atoms with E-state index in [2.05, 4.69) is 15.0 Å². The first-order valence-electron chi connectivity index (χ1n) is 7.51. The van der Waals surface area contributed by atoms with Crippen molar-refractivity contribution in [2.24, 2.45) is 0 Å². The van der Waals surface area contributed by atoms with Gasteiger partial charge in [-0.05, 0) is 18.2 Å². The summed E-state index contributed by atoms with van der Waals surface area (Å²) in [5, 5.41) is 11.1. The van der Waals surface area contributed by atoms with Gasteiger partial charge in [0.05, 0.1) is 22.0 Å². The second-order valence-electron chi connectivity index (χ2n) is 5.48. The molecule has 3 aromatic heterocycles. The number of nitrogens with one attached hydrogen (secondary N) is 1. The van der Waals surface area contributed by atoms with E-state index in [4.69, 9.17) is 0 Å². The quantitative estimate of drug-likeness (QED) is 0.451. The zero-order valence-corrected chi connectivity index (χ0v) is 13.1. The molecule has 0 fully saturated rings. The molecule has 128 valence electrons. The zero-order chi connectivity index (χ0) is 18.3. The average Bonchev–Trinajstić information content (AvgIpc) is 3.00. The summed E-state index contributed by atoms with van der Waals surface area (Å²) in [6.07, 6.45) is 2.56. The third-order valence-corrected chi connectivity index (χ3v) is 3.84. The van der Waals surface area contributed by atoms with E-state index in [1.165, 1.54) is 47.1 Å². The number of halogens is 1. The minimum absolute atomic E-state index is 0.0973. The van der Waals surface area contributed by atoms with Crippen molar-refractivity contribution in [1.82, 2.24) is 19.4 Å². The van der Waals surface area contributed by atoms with Gasteiger partial charge in [-0.1, -0.05) is 12.1 Å². The molecular formula is C17H10FN5O3. The molecule has 0 bridgehead atoms. The van der Waals surface area contributed by atoms with E-state index < -0.39 is 16.4 Å². The number of imidazole rings is 1. The first kappa shape index (κ1) is 15.6. The number of pyridine rings is 1. The molecule has 0 saturated heterocycles. The highest BCUT2D eigenvalue weighted by molar-refractivity contribution is 5.81. The molecule has 0 spiro atoms. The molecule has 1 N–H and O–H groups in total. The van der Waals surface area contributed by atoms with Crippen LogP contribution in [0.25, 0.3) is 28.3 Å². The largest absolute Gasteiger partial charge is 0.345 e. The SMILES string of the molecule is O=c1nccc(-c2c(-c3cccc([N+](=O)[O-])c3)nc3ccc(F)cn23)[nH]1. The van der Waals surface area contributed by atoms with E-state index in [9.17, 15) is 19.3 Å². The minimum atomic E-state index is -0.571. The van der Waals surface area contributed by atoms with Crippen molar-refractivity contribution < 1.29 is 9.31 Å². The van der Waals surface area contributed by atoms with Gasteiger partial charge in [-0.15, -0.1) is 0 Å². The van der Waals surface area contributed by atoms with Crippen molar-refractivity contribution in [3.63, 3.8) is 0 Å². The molecule has 9 heteroatoms. The molecule has 0 unspecified atom stereocenters. The fourth-order valence-corrected chi connectivity index (χ4v) is 2.75. The normalized spacial score (nSPS) is 11.0. The monoisotopic (exact) mass is 351 g/mol. The molecule has 4 rings (SSSR count). The smallest absolute Gasteiger partial charge is 0.304 e. The lowest BCUT2D eigenvalue weighted by atomic mass is 10.1. The van der Waals surface area contributed by atoms with E-state index >= 15 is 0 Å². The first-order valence-corrected chi connectivity index (χ1v) is 7.51. The van der Waals surface area contributed by atoms with E-state index in [1.54, 1.807) is 12.1 Å². The molecule has 0 aliphatic heterocycles. The second kappa shape index (κ2) is 5.88. The van der Waals surface area contributed by atoms with Crippen molar-refractivity contribution in [2.75, 3.05) is 0 Å². The summed E-state index contributed by atoms with van der Waals surface area (Å²) in [4.78, 5) is 32.8. The molecule has 0 radical (unpaired) electrons. The van der Waals surface area contributed by atoms with Crippen LogP contribution in [0.5, 0.6) is 0 Å². The number of H-pyrrole nitrogens is 1. The molecule has 0 aliphatic carbocycles. The Balaban J connectivity index is 2.06. The topological polar surface area (TPSA) is 106 Å². The molecule has 0 saturated carbocycles. The lowest BCUT2D eigenvalue weighted by Gasteiger charge is -2.05. The van der Waals surface area contributed by atoms with Gasteiger partial charge in [-0.25, -0.2) is 19.2 Å². The molecule has 1 aromatic carbocycles. The molecule has 0 aliphatic rings. The van der Waals surface area contributed by atoms with Crippen molar-refractivity contribution in [2.45, 2.75) is 0 Å². The Bertz CT molecular complexity index is 1210. The number of hydrogen-bond acceptors (Lipinski definition) is 5. The highest BCUT2D eigenvalue weighted by Gasteiger charge is 2.19. The Morgan fingerprint density at radius 2 is 2.04 bits per heavy atom. The van der Waals surface area contributed by atoms with Gasteiger partial charge in [0.1, 0.15) is 11.5 Å². The lowest BCUT2D eigenvalue weighted by Crippen LogP contribution is -2.10. The van der Waals surface area contributed by atoms with Crippen LogP contribution in [0.15, 0.2) is 59.7 Å². The number of benzene rings is 1. The van der Waals surface area contributed by atoms with E-state index in [0.29, 0.717) is 28.3 Å². The predicted octanol–water partition coefficient (Wildman–Crippen LogP) is 2.80. The van der Waals surface area contributed by atoms with Crippen LogP contribution in [-0.4, -0.2) is 24.3 Å². The predicted molar refractivity (Wildman–Crippen MR) is 91.1 cm³/mol. The van der Waals surface area contributed by atoms with E-state index in [1.807, 2.05) is 0 Å². The lowest BCUT2D eigenvalue weighted by molar-refractivity contribution is -0.384. The third kappa shape index (κ3) is 2.61. The fourth-order valence-electron chi connectivity index (χ4n) is 2.75. The van der Waals surface area contributed by atoms with E-state index in [0.717, 1.165) is 0 Å². The van der Waals surface area contributed by atoms with Crippen LogP contribution in [0, 0.1) is 15.9 Å². The van der Waals surface area contributed by atoms with Gasteiger partial charge in [-0.3, -0.25) is 14.5 Å².